The molecule has 0 saturated carbocycles. The van der Waals surface area contributed by atoms with Crippen molar-refractivity contribution in [2.75, 3.05) is 23.2 Å². The van der Waals surface area contributed by atoms with Crippen LogP contribution in [0.1, 0.15) is 18.9 Å². The van der Waals surface area contributed by atoms with Crippen molar-refractivity contribution >= 4 is 33.4 Å². The quantitative estimate of drug-likeness (QED) is 0.625. The number of carbonyl (C=O) groups excluding carboxylic acids is 2. The van der Waals surface area contributed by atoms with Gasteiger partial charge in [-0.1, -0.05) is 24.3 Å². The highest BCUT2D eigenvalue weighted by Crippen LogP contribution is 2.23. The summed E-state index contributed by atoms with van der Waals surface area (Å²) in [6.07, 6.45) is -0.527. The van der Waals surface area contributed by atoms with Gasteiger partial charge in [0.05, 0.1) is 17.2 Å². The molecule has 0 aliphatic rings. The van der Waals surface area contributed by atoms with Crippen LogP contribution in [0.5, 0.6) is 0 Å². The average molecular weight is 405 g/mol. The van der Waals surface area contributed by atoms with E-state index in [-0.39, 0.29) is 30.4 Å². The van der Waals surface area contributed by atoms with Crippen LogP contribution in [-0.2, 0) is 19.6 Å². The van der Waals surface area contributed by atoms with Gasteiger partial charge in [-0.05, 0) is 43.7 Å². The van der Waals surface area contributed by atoms with Gasteiger partial charge in [0, 0.05) is 18.7 Å². The van der Waals surface area contributed by atoms with Gasteiger partial charge in [0.2, 0.25) is 5.91 Å². The maximum Gasteiger partial charge on any atom is 0.407 e. The second-order valence-corrected chi connectivity index (χ2v) is 7.58. The lowest BCUT2D eigenvalue weighted by molar-refractivity contribution is -0.116. The number of amides is 2. The summed E-state index contributed by atoms with van der Waals surface area (Å²) in [5.41, 5.74) is 1.52. The third-order valence-corrected chi connectivity index (χ3v) is 5.10. The molecule has 0 bridgehead atoms. The van der Waals surface area contributed by atoms with Crippen LogP contribution >= 0.6 is 0 Å². The smallest absolute Gasteiger partial charge is 0.407 e. The summed E-state index contributed by atoms with van der Waals surface area (Å²) in [4.78, 5) is 23.3. The van der Waals surface area contributed by atoms with Crippen molar-refractivity contribution in [3.8, 4) is 0 Å². The standard InChI is InChI=1S/C19H23N3O5S/c1-3-27-19(24)20-12-11-18(23)21-15-10-9-14(2)17(13-15)22-28(25,26)16-7-5-4-6-8-16/h4-10,13,22H,3,11-12H2,1-2H3,(H,20,24)(H,21,23). The molecule has 0 radical (unpaired) electrons. The number of sulfonamides is 1. The molecule has 0 aliphatic heterocycles. The van der Waals surface area contributed by atoms with Crippen molar-refractivity contribution < 1.29 is 22.7 Å². The molecule has 0 fully saturated rings. The summed E-state index contributed by atoms with van der Waals surface area (Å²) in [6.45, 7) is 3.83. The molecule has 0 heterocycles. The molecule has 2 amide bonds. The van der Waals surface area contributed by atoms with Gasteiger partial charge in [-0.15, -0.1) is 0 Å². The zero-order chi connectivity index (χ0) is 20.6. The number of aryl methyl sites for hydroxylation is 1. The summed E-state index contributed by atoms with van der Waals surface area (Å²) in [5, 5.41) is 5.13. The fourth-order valence-corrected chi connectivity index (χ4v) is 3.44. The summed E-state index contributed by atoms with van der Waals surface area (Å²) in [6, 6.07) is 12.9. The van der Waals surface area contributed by atoms with E-state index in [1.807, 2.05) is 0 Å². The van der Waals surface area contributed by atoms with Crippen molar-refractivity contribution in [3.63, 3.8) is 0 Å². The molecule has 2 rings (SSSR count). The van der Waals surface area contributed by atoms with E-state index in [9.17, 15) is 18.0 Å². The number of hydrogen-bond acceptors (Lipinski definition) is 5. The Hall–Kier alpha value is -3.07. The molecule has 150 valence electrons. The van der Waals surface area contributed by atoms with Gasteiger partial charge < -0.3 is 15.4 Å². The maximum atomic E-state index is 12.5. The Kier molecular flexibility index (Phi) is 7.39. The van der Waals surface area contributed by atoms with Gasteiger partial charge in [-0.2, -0.15) is 0 Å². The Morgan fingerprint density at radius 3 is 2.46 bits per heavy atom. The normalized spacial score (nSPS) is 10.8. The topological polar surface area (TPSA) is 114 Å². The van der Waals surface area contributed by atoms with Gasteiger partial charge >= 0.3 is 6.09 Å². The fraction of sp³-hybridized carbons (Fsp3) is 0.263. The Morgan fingerprint density at radius 2 is 1.79 bits per heavy atom. The van der Waals surface area contributed by atoms with Crippen LogP contribution in [0.25, 0.3) is 0 Å². The van der Waals surface area contributed by atoms with Crippen LogP contribution in [0.4, 0.5) is 16.2 Å². The second-order valence-electron chi connectivity index (χ2n) is 5.89. The third kappa shape index (κ3) is 6.27. The zero-order valence-electron chi connectivity index (χ0n) is 15.7. The molecular formula is C19H23N3O5S. The number of alkyl carbamates (subject to hydrolysis) is 1. The largest absolute Gasteiger partial charge is 0.450 e. The lowest BCUT2D eigenvalue weighted by Crippen LogP contribution is -2.28. The number of hydrogen-bond donors (Lipinski definition) is 3. The van der Waals surface area contributed by atoms with Gasteiger partial charge in [0.25, 0.3) is 10.0 Å². The van der Waals surface area contributed by atoms with Crippen molar-refractivity contribution in [2.45, 2.75) is 25.2 Å². The molecule has 0 aromatic heterocycles. The molecule has 2 aromatic carbocycles. The van der Waals surface area contributed by atoms with Gasteiger partial charge in [0.15, 0.2) is 0 Å². The molecule has 0 aliphatic carbocycles. The van der Waals surface area contributed by atoms with E-state index in [1.54, 1.807) is 50.2 Å². The van der Waals surface area contributed by atoms with Crippen molar-refractivity contribution in [1.82, 2.24) is 5.32 Å². The molecule has 0 atom stereocenters. The number of anilines is 2. The highest BCUT2D eigenvalue weighted by Gasteiger charge is 2.15. The maximum absolute atomic E-state index is 12.5. The van der Waals surface area contributed by atoms with E-state index in [1.165, 1.54) is 12.1 Å². The van der Waals surface area contributed by atoms with Crippen LogP contribution in [-0.4, -0.2) is 33.6 Å². The first-order valence-corrected chi connectivity index (χ1v) is 10.2. The minimum atomic E-state index is -3.73. The van der Waals surface area contributed by atoms with Crippen molar-refractivity contribution in [2.24, 2.45) is 0 Å². The molecule has 9 heteroatoms. The molecule has 0 spiro atoms. The molecule has 8 nitrogen and oxygen atoms in total. The van der Waals surface area contributed by atoms with Crippen LogP contribution in [0.15, 0.2) is 53.4 Å². The third-order valence-electron chi connectivity index (χ3n) is 3.72. The Morgan fingerprint density at radius 1 is 1.07 bits per heavy atom. The van der Waals surface area contributed by atoms with Crippen molar-refractivity contribution in [3.05, 3.63) is 54.1 Å². The summed E-state index contributed by atoms with van der Waals surface area (Å²) in [7, 11) is -3.73. The van der Waals surface area contributed by atoms with Crippen LogP contribution < -0.4 is 15.4 Å². The number of benzene rings is 2. The van der Waals surface area contributed by atoms with E-state index >= 15 is 0 Å². The fourth-order valence-electron chi connectivity index (χ4n) is 2.30. The average Bonchev–Trinajstić information content (AvgIpc) is 2.65. The predicted molar refractivity (Wildman–Crippen MR) is 107 cm³/mol. The minimum absolute atomic E-state index is 0.0533. The lowest BCUT2D eigenvalue weighted by atomic mass is 10.2. The monoisotopic (exact) mass is 405 g/mol. The molecule has 28 heavy (non-hydrogen) atoms. The molecular weight excluding hydrogens is 382 g/mol. The molecule has 3 N–H and O–H groups in total. The molecule has 0 saturated heterocycles. The van der Waals surface area contributed by atoms with Crippen LogP contribution in [0.3, 0.4) is 0 Å². The summed E-state index contributed by atoms with van der Waals surface area (Å²) in [5.74, 6) is -0.322. The van der Waals surface area contributed by atoms with E-state index in [4.69, 9.17) is 4.74 Å². The molecule has 0 unspecified atom stereocenters. The summed E-state index contributed by atoms with van der Waals surface area (Å²) >= 11 is 0. The number of nitrogens with one attached hydrogen (secondary N) is 3. The number of rotatable bonds is 8. The second kappa shape index (κ2) is 9.75. The van der Waals surface area contributed by atoms with E-state index in [0.29, 0.717) is 16.9 Å². The summed E-state index contributed by atoms with van der Waals surface area (Å²) < 4.78 is 32.2. The Bertz CT molecular complexity index is 930. The van der Waals surface area contributed by atoms with Gasteiger partial charge in [-0.25, -0.2) is 13.2 Å². The first kappa shape index (κ1) is 21.2. The highest BCUT2D eigenvalue weighted by atomic mass is 32.2. The van der Waals surface area contributed by atoms with E-state index in [0.717, 1.165) is 0 Å². The first-order valence-electron chi connectivity index (χ1n) is 8.71. The highest BCUT2D eigenvalue weighted by molar-refractivity contribution is 7.92. The predicted octanol–water partition coefficient (Wildman–Crippen LogP) is 2.87. The zero-order valence-corrected chi connectivity index (χ0v) is 16.5. The molecule has 2 aromatic rings. The lowest BCUT2D eigenvalue weighted by Gasteiger charge is -2.13. The van der Waals surface area contributed by atoms with Crippen LogP contribution in [0, 0.1) is 6.92 Å². The van der Waals surface area contributed by atoms with Gasteiger partial charge in [0.1, 0.15) is 0 Å². The van der Waals surface area contributed by atoms with E-state index < -0.39 is 16.1 Å². The minimum Gasteiger partial charge on any atom is -0.450 e. The van der Waals surface area contributed by atoms with Gasteiger partial charge in [-0.3, -0.25) is 9.52 Å². The Labute approximate surface area is 164 Å². The first-order chi connectivity index (χ1) is 13.3. The number of ether oxygens (including phenoxy) is 1. The SMILES string of the molecule is CCOC(=O)NCCC(=O)Nc1ccc(C)c(NS(=O)(=O)c2ccccc2)c1. The van der Waals surface area contributed by atoms with Crippen LogP contribution in [0.2, 0.25) is 0 Å². The number of carbonyl (C=O) groups is 2. The van der Waals surface area contributed by atoms with E-state index in [2.05, 4.69) is 15.4 Å². The Balaban J connectivity index is 2.01. The van der Waals surface area contributed by atoms with Crippen molar-refractivity contribution in [1.29, 1.82) is 0 Å².